The van der Waals surface area contributed by atoms with E-state index in [2.05, 4.69) is 15.4 Å². The maximum atomic E-state index is 12.7. The maximum Gasteiger partial charge on any atom is 0.312 e. The minimum absolute atomic E-state index is 0.0894. The molecule has 0 saturated carbocycles. The van der Waals surface area contributed by atoms with Gasteiger partial charge in [0.05, 0.1) is 40.3 Å². The first-order valence-corrected chi connectivity index (χ1v) is 9.52. The summed E-state index contributed by atoms with van der Waals surface area (Å²) in [6.07, 6.45) is 3.01. The summed E-state index contributed by atoms with van der Waals surface area (Å²) in [4.78, 5) is 38.0. The fraction of sp³-hybridized carbons (Fsp3) is 0.250. The van der Waals surface area contributed by atoms with Crippen LogP contribution in [0.4, 0.5) is 17.1 Å². The summed E-state index contributed by atoms with van der Waals surface area (Å²) in [7, 11) is 0. The van der Waals surface area contributed by atoms with E-state index in [0.717, 1.165) is 0 Å². The van der Waals surface area contributed by atoms with E-state index in [0.29, 0.717) is 11.4 Å². The van der Waals surface area contributed by atoms with E-state index in [1.807, 2.05) is 0 Å². The first kappa shape index (κ1) is 22.3. The number of pyridine rings is 1. The third-order valence-corrected chi connectivity index (χ3v) is 4.66. The van der Waals surface area contributed by atoms with E-state index in [4.69, 9.17) is 4.74 Å². The molecule has 0 bridgehead atoms. The van der Waals surface area contributed by atoms with Crippen LogP contribution in [0.5, 0.6) is 11.5 Å². The minimum Gasteiger partial charge on any atom is -0.455 e. The molecule has 2 heterocycles. The Labute approximate surface area is 182 Å². The van der Waals surface area contributed by atoms with Crippen LogP contribution in [0.15, 0.2) is 42.7 Å². The number of nitrogens with one attached hydrogen (secondary N) is 1. The summed E-state index contributed by atoms with van der Waals surface area (Å²) >= 11 is 0. The molecule has 0 aliphatic carbocycles. The summed E-state index contributed by atoms with van der Waals surface area (Å²) in [5, 5.41) is 29.2. The van der Waals surface area contributed by atoms with Gasteiger partial charge in [-0.2, -0.15) is 5.10 Å². The monoisotopic (exact) mass is 440 g/mol. The van der Waals surface area contributed by atoms with Crippen LogP contribution in [0.25, 0.3) is 0 Å². The Morgan fingerprint density at radius 1 is 1.19 bits per heavy atom. The lowest BCUT2D eigenvalue weighted by Crippen LogP contribution is -2.25. The Balaban J connectivity index is 1.78. The molecule has 0 fully saturated rings. The van der Waals surface area contributed by atoms with Crippen LogP contribution in [-0.4, -0.2) is 30.5 Å². The van der Waals surface area contributed by atoms with Crippen molar-refractivity contribution in [3.8, 4) is 11.5 Å². The number of nitro groups is 2. The molecule has 1 atom stereocenters. The molecular weight excluding hydrogens is 420 g/mol. The number of nitro benzene ring substituents is 1. The lowest BCUT2D eigenvalue weighted by molar-refractivity contribution is -0.386. The molecule has 0 radical (unpaired) electrons. The van der Waals surface area contributed by atoms with Crippen molar-refractivity contribution in [3.05, 3.63) is 74.3 Å². The second kappa shape index (κ2) is 9.20. The Morgan fingerprint density at radius 3 is 2.53 bits per heavy atom. The Bertz CT molecular complexity index is 1180. The van der Waals surface area contributed by atoms with E-state index in [-0.39, 0.29) is 35.1 Å². The number of benzene rings is 1. The standard InChI is InChI=1S/C20H20N6O6/c1-12(11-24-14(3)19(26(30)31)13(2)23-24)20(27)22-15-7-16(25(28)29)9-18(8-15)32-17-5-4-6-21-10-17/h4-10,12H,11H2,1-3H3,(H,22,27). The number of nitrogens with zero attached hydrogens (tertiary/aromatic N) is 5. The van der Waals surface area contributed by atoms with Crippen molar-refractivity contribution in [2.45, 2.75) is 27.3 Å². The van der Waals surface area contributed by atoms with Crippen LogP contribution in [-0.2, 0) is 11.3 Å². The molecule has 0 saturated heterocycles. The van der Waals surface area contributed by atoms with E-state index in [9.17, 15) is 25.0 Å². The number of hydrogen-bond donors (Lipinski definition) is 1. The molecule has 1 amide bonds. The highest BCUT2D eigenvalue weighted by molar-refractivity contribution is 5.92. The van der Waals surface area contributed by atoms with Crippen molar-refractivity contribution in [1.29, 1.82) is 0 Å². The van der Waals surface area contributed by atoms with Crippen LogP contribution in [0, 0.1) is 40.0 Å². The van der Waals surface area contributed by atoms with Crippen molar-refractivity contribution in [3.63, 3.8) is 0 Å². The summed E-state index contributed by atoms with van der Waals surface area (Å²) in [6, 6.07) is 7.20. The highest BCUT2D eigenvalue weighted by Crippen LogP contribution is 2.30. The smallest absolute Gasteiger partial charge is 0.312 e. The van der Waals surface area contributed by atoms with Gasteiger partial charge in [-0.1, -0.05) is 6.92 Å². The zero-order chi connectivity index (χ0) is 23.4. The van der Waals surface area contributed by atoms with E-state index < -0.39 is 21.7 Å². The van der Waals surface area contributed by atoms with Crippen LogP contribution in [0.1, 0.15) is 18.3 Å². The SMILES string of the molecule is Cc1nn(CC(C)C(=O)Nc2cc(Oc3cccnc3)cc([N+](=O)[O-])c2)c(C)c1[N+](=O)[O-]. The molecule has 32 heavy (non-hydrogen) atoms. The predicted octanol–water partition coefficient (Wildman–Crippen LogP) is 3.78. The zero-order valence-electron chi connectivity index (χ0n) is 17.5. The van der Waals surface area contributed by atoms with Gasteiger partial charge in [0.2, 0.25) is 5.91 Å². The maximum absolute atomic E-state index is 12.7. The molecule has 166 valence electrons. The number of ether oxygens (including phenoxy) is 1. The van der Waals surface area contributed by atoms with Gasteiger partial charge in [0.25, 0.3) is 5.69 Å². The molecule has 1 aromatic carbocycles. The molecule has 12 heteroatoms. The molecule has 3 rings (SSSR count). The molecule has 0 spiro atoms. The van der Waals surface area contributed by atoms with Crippen LogP contribution in [0.3, 0.4) is 0 Å². The number of carbonyl (C=O) groups is 1. The average molecular weight is 440 g/mol. The number of rotatable bonds is 8. The minimum atomic E-state index is -0.630. The molecule has 1 N–H and O–H groups in total. The van der Waals surface area contributed by atoms with E-state index in [1.165, 1.54) is 36.0 Å². The van der Waals surface area contributed by atoms with Gasteiger partial charge in [-0.25, -0.2) is 0 Å². The largest absolute Gasteiger partial charge is 0.455 e. The molecule has 0 aliphatic heterocycles. The molecule has 2 aromatic heterocycles. The van der Waals surface area contributed by atoms with E-state index in [1.54, 1.807) is 32.2 Å². The number of non-ortho nitro benzene ring substituents is 1. The number of aryl methyl sites for hydroxylation is 1. The fourth-order valence-corrected chi connectivity index (χ4v) is 3.10. The third-order valence-electron chi connectivity index (χ3n) is 4.66. The fourth-order valence-electron chi connectivity index (χ4n) is 3.10. The number of aromatic nitrogens is 3. The van der Waals surface area contributed by atoms with Crippen LogP contribution in [0.2, 0.25) is 0 Å². The van der Waals surface area contributed by atoms with Gasteiger partial charge in [0.1, 0.15) is 22.9 Å². The Hall–Kier alpha value is -4.35. The third kappa shape index (κ3) is 5.03. The summed E-state index contributed by atoms with van der Waals surface area (Å²) in [5.41, 5.74) is 0.428. The second-order valence-electron chi connectivity index (χ2n) is 7.11. The van der Waals surface area contributed by atoms with Gasteiger partial charge in [0, 0.05) is 18.3 Å². The van der Waals surface area contributed by atoms with Gasteiger partial charge in [-0.05, 0) is 26.0 Å². The molecule has 12 nitrogen and oxygen atoms in total. The van der Waals surface area contributed by atoms with Crippen molar-refractivity contribution >= 4 is 23.0 Å². The quantitative estimate of drug-likeness (QED) is 0.410. The normalized spacial score (nSPS) is 11.6. The lowest BCUT2D eigenvalue weighted by atomic mass is 10.1. The number of carbonyl (C=O) groups excluding carboxylic acids is 1. The van der Waals surface area contributed by atoms with Crippen LogP contribution < -0.4 is 10.1 Å². The summed E-state index contributed by atoms with van der Waals surface area (Å²) in [6.45, 7) is 4.81. The first-order valence-electron chi connectivity index (χ1n) is 9.52. The molecule has 3 aromatic rings. The predicted molar refractivity (Wildman–Crippen MR) is 114 cm³/mol. The highest BCUT2D eigenvalue weighted by Gasteiger charge is 2.24. The first-order chi connectivity index (χ1) is 15.2. The molecular formula is C20H20N6O6. The lowest BCUT2D eigenvalue weighted by Gasteiger charge is -2.14. The van der Waals surface area contributed by atoms with Gasteiger partial charge in [-0.15, -0.1) is 0 Å². The van der Waals surface area contributed by atoms with Crippen molar-refractivity contribution in [2.24, 2.45) is 5.92 Å². The molecule has 1 unspecified atom stereocenters. The highest BCUT2D eigenvalue weighted by atomic mass is 16.6. The van der Waals surface area contributed by atoms with Crippen LogP contribution >= 0.6 is 0 Å². The van der Waals surface area contributed by atoms with Gasteiger partial charge < -0.3 is 10.1 Å². The summed E-state index contributed by atoms with van der Waals surface area (Å²) < 4.78 is 7.01. The zero-order valence-corrected chi connectivity index (χ0v) is 17.5. The van der Waals surface area contributed by atoms with E-state index >= 15 is 0 Å². The average Bonchev–Trinajstić information content (AvgIpc) is 3.01. The van der Waals surface area contributed by atoms with Crippen molar-refractivity contribution in [2.75, 3.05) is 5.32 Å². The Morgan fingerprint density at radius 2 is 1.94 bits per heavy atom. The van der Waals surface area contributed by atoms with Crippen molar-refractivity contribution < 1.29 is 19.4 Å². The number of hydrogen-bond acceptors (Lipinski definition) is 8. The van der Waals surface area contributed by atoms with Crippen molar-refractivity contribution in [1.82, 2.24) is 14.8 Å². The number of amides is 1. The molecule has 0 aliphatic rings. The van der Waals surface area contributed by atoms with Gasteiger partial charge in [-0.3, -0.25) is 34.7 Å². The topological polar surface area (TPSA) is 155 Å². The number of anilines is 1. The van der Waals surface area contributed by atoms with Gasteiger partial charge >= 0.3 is 5.69 Å². The summed E-state index contributed by atoms with van der Waals surface area (Å²) in [5.74, 6) is -0.531. The second-order valence-corrected chi connectivity index (χ2v) is 7.11. The van der Waals surface area contributed by atoms with Gasteiger partial charge in [0.15, 0.2) is 0 Å². The Kier molecular flexibility index (Phi) is 6.42.